The minimum absolute atomic E-state index is 0.0584. The molecule has 0 aliphatic carbocycles. The number of rotatable bonds is 4. The van der Waals surface area contributed by atoms with Crippen LogP contribution in [-0.2, 0) is 26.8 Å². The van der Waals surface area contributed by atoms with Gasteiger partial charge < -0.3 is 4.90 Å². The van der Waals surface area contributed by atoms with Gasteiger partial charge in [-0.15, -0.1) is 0 Å². The highest BCUT2D eigenvalue weighted by atomic mass is 35.5. The maximum Gasteiger partial charge on any atom is 0.238 e. The minimum Gasteiger partial charge on any atom is -0.304 e. The smallest absolute Gasteiger partial charge is 0.238 e. The molecule has 1 fully saturated rings. The van der Waals surface area contributed by atoms with Crippen LogP contribution < -0.4 is 4.90 Å². The number of nitrogens with zero attached hydrogens (tertiary/aromatic N) is 6. The molecule has 2 aliphatic heterocycles. The van der Waals surface area contributed by atoms with Gasteiger partial charge in [-0.1, -0.05) is 17.7 Å². The largest absolute Gasteiger partial charge is 0.304 e. The molecule has 11 heteroatoms. The molecule has 0 bridgehead atoms. The molecule has 188 valence electrons. The van der Waals surface area contributed by atoms with Gasteiger partial charge in [0.25, 0.3) is 0 Å². The summed E-state index contributed by atoms with van der Waals surface area (Å²) in [5.74, 6) is -0.0584. The number of aromatic nitrogens is 4. The lowest BCUT2D eigenvalue weighted by atomic mass is 9.74. The summed E-state index contributed by atoms with van der Waals surface area (Å²) in [6, 6.07) is 7.50. The monoisotopic (exact) mass is 534 g/mol. The molecular formula is C26H23ClN6O3S. The van der Waals surface area contributed by atoms with Crippen molar-refractivity contribution < 1.29 is 13.2 Å². The average molecular weight is 535 g/mol. The Balaban J connectivity index is 1.44. The van der Waals surface area contributed by atoms with Gasteiger partial charge in [-0.05, 0) is 42.0 Å². The van der Waals surface area contributed by atoms with E-state index in [2.05, 4.69) is 15.0 Å². The number of anilines is 1. The Hall–Kier alpha value is -3.47. The van der Waals surface area contributed by atoms with Gasteiger partial charge >= 0.3 is 0 Å². The van der Waals surface area contributed by atoms with E-state index in [1.54, 1.807) is 35.9 Å². The van der Waals surface area contributed by atoms with Crippen LogP contribution in [0.2, 0.25) is 5.02 Å². The Morgan fingerprint density at radius 2 is 1.78 bits per heavy atom. The fourth-order valence-electron chi connectivity index (χ4n) is 5.58. The number of carbonyl (C=O) groups is 1. The van der Waals surface area contributed by atoms with Crippen LogP contribution >= 0.6 is 11.6 Å². The predicted octanol–water partition coefficient (Wildman–Crippen LogP) is 3.58. The third-order valence-electron chi connectivity index (χ3n) is 7.39. The highest BCUT2D eigenvalue weighted by Crippen LogP contribution is 2.48. The van der Waals surface area contributed by atoms with E-state index in [4.69, 9.17) is 16.6 Å². The SMILES string of the molecule is CS(=O)(=O)N1CCC2(CC1)C(=O)N(Cc1ncc3cc(Cl)ccc3c1-c1cncnc1)c1cnccc12. The number of piperidine rings is 1. The number of hydrogen-bond acceptors (Lipinski definition) is 7. The maximum absolute atomic E-state index is 14.1. The van der Waals surface area contributed by atoms with Crippen molar-refractivity contribution in [3.63, 3.8) is 0 Å². The zero-order chi connectivity index (χ0) is 25.8. The number of benzene rings is 1. The van der Waals surface area contributed by atoms with Gasteiger partial charge in [-0.25, -0.2) is 22.7 Å². The zero-order valence-corrected chi connectivity index (χ0v) is 21.6. The number of halogens is 1. The summed E-state index contributed by atoms with van der Waals surface area (Å²) in [5, 5.41) is 2.40. The van der Waals surface area contributed by atoms with Gasteiger partial charge in [-0.3, -0.25) is 14.8 Å². The van der Waals surface area contributed by atoms with Gasteiger partial charge in [0.15, 0.2) is 0 Å². The standard InChI is InChI=1S/C26H23ClN6O3S/c1-37(35,36)32-8-5-26(6-9-32)21-4-7-28-14-23(21)33(25(26)34)15-22-24(18-11-29-16-30-12-18)20-3-2-19(27)10-17(20)13-31-22/h2-4,7,10-14,16H,5-6,8-9,15H2,1H3. The van der Waals surface area contributed by atoms with E-state index in [-0.39, 0.29) is 12.5 Å². The zero-order valence-electron chi connectivity index (χ0n) is 20.0. The second kappa shape index (κ2) is 8.83. The lowest BCUT2D eigenvalue weighted by molar-refractivity contribution is -0.124. The van der Waals surface area contributed by atoms with Crippen LogP contribution in [0.1, 0.15) is 24.1 Å². The van der Waals surface area contributed by atoms with Crippen molar-refractivity contribution in [1.82, 2.24) is 24.2 Å². The second-order valence-corrected chi connectivity index (χ2v) is 11.9. The third kappa shape index (κ3) is 3.96. The van der Waals surface area contributed by atoms with Gasteiger partial charge in [0.2, 0.25) is 15.9 Å². The highest BCUT2D eigenvalue weighted by molar-refractivity contribution is 7.88. The van der Waals surface area contributed by atoms with Crippen molar-refractivity contribution in [2.75, 3.05) is 24.2 Å². The molecule has 0 atom stereocenters. The van der Waals surface area contributed by atoms with Crippen molar-refractivity contribution in [2.24, 2.45) is 0 Å². The van der Waals surface area contributed by atoms with E-state index in [9.17, 15) is 13.2 Å². The van der Waals surface area contributed by atoms with Crippen molar-refractivity contribution in [3.05, 3.63) is 77.9 Å². The van der Waals surface area contributed by atoms with E-state index >= 15 is 0 Å². The molecule has 0 radical (unpaired) electrons. The van der Waals surface area contributed by atoms with Gasteiger partial charge in [0.05, 0.1) is 35.8 Å². The summed E-state index contributed by atoms with van der Waals surface area (Å²) in [6.07, 6.45) is 12.1. The fourth-order valence-corrected chi connectivity index (χ4v) is 6.61. The molecule has 0 saturated carbocycles. The molecule has 6 rings (SSSR count). The van der Waals surface area contributed by atoms with Gasteiger partial charge in [0, 0.05) is 59.4 Å². The molecule has 1 saturated heterocycles. The number of pyridine rings is 2. The average Bonchev–Trinajstić information content (AvgIpc) is 3.11. The Morgan fingerprint density at radius 1 is 1.03 bits per heavy atom. The van der Waals surface area contributed by atoms with Crippen LogP contribution in [0.5, 0.6) is 0 Å². The van der Waals surface area contributed by atoms with Gasteiger partial charge in [-0.2, -0.15) is 0 Å². The molecule has 0 N–H and O–H groups in total. The van der Waals surface area contributed by atoms with E-state index in [1.807, 2.05) is 24.3 Å². The normalized spacial score (nSPS) is 17.5. The number of fused-ring (bicyclic) bond motifs is 3. The van der Waals surface area contributed by atoms with E-state index < -0.39 is 15.4 Å². The molecule has 37 heavy (non-hydrogen) atoms. The molecule has 5 heterocycles. The summed E-state index contributed by atoms with van der Waals surface area (Å²) in [7, 11) is -3.32. The van der Waals surface area contributed by atoms with Gasteiger partial charge in [0.1, 0.15) is 6.33 Å². The summed E-state index contributed by atoms with van der Waals surface area (Å²) in [4.78, 5) is 33.3. The quantitative estimate of drug-likeness (QED) is 0.393. The second-order valence-electron chi connectivity index (χ2n) is 9.47. The fraction of sp³-hybridized carbons (Fsp3) is 0.269. The number of hydrogen-bond donors (Lipinski definition) is 0. The Kier molecular flexibility index (Phi) is 5.70. The first kappa shape index (κ1) is 23.9. The molecule has 3 aromatic heterocycles. The Morgan fingerprint density at radius 3 is 2.51 bits per heavy atom. The molecule has 0 unspecified atom stereocenters. The molecule has 4 aromatic rings. The molecule has 1 aromatic carbocycles. The van der Waals surface area contributed by atoms with Crippen LogP contribution in [0, 0.1) is 0 Å². The topological polar surface area (TPSA) is 109 Å². The molecule has 9 nitrogen and oxygen atoms in total. The molecule has 1 spiro atoms. The molecular weight excluding hydrogens is 512 g/mol. The summed E-state index contributed by atoms with van der Waals surface area (Å²) in [5.41, 5.74) is 3.14. The molecule has 1 amide bonds. The van der Waals surface area contributed by atoms with Crippen molar-refractivity contribution in [1.29, 1.82) is 0 Å². The van der Waals surface area contributed by atoms with Crippen molar-refractivity contribution >= 4 is 44.0 Å². The minimum atomic E-state index is -3.32. The summed E-state index contributed by atoms with van der Waals surface area (Å²) >= 11 is 6.24. The Bertz CT molecular complexity index is 1640. The number of carbonyl (C=O) groups excluding carboxylic acids is 1. The van der Waals surface area contributed by atoms with Crippen molar-refractivity contribution in [2.45, 2.75) is 24.8 Å². The van der Waals surface area contributed by atoms with Crippen LogP contribution in [0.15, 0.2) is 61.6 Å². The summed E-state index contributed by atoms with van der Waals surface area (Å²) < 4.78 is 25.7. The lowest BCUT2D eigenvalue weighted by Gasteiger charge is -2.37. The molecule has 2 aliphatic rings. The lowest BCUT2D eigenvalue weighted by Crippen LogP contribution is -2.49. The first-order chi connectivity index (χ1) is 17.8. The van der Waals surface area contributed by atoms with E-state index in [0.717, 1.165) is 33.2 Å². The van der Waals surface area contributed by atoms with E-state index in [0.29, 0.717) is 36.6 Å². The van der Waals surface area contributed by atoms with Crippen LogP contribution in [0.4, 0.5) is 5.69 Å². The highest BCUT2D eigenvalue weighted by Gasteiger charge is 2.53. The predicted molar refractivity (Wildman–Crippen MR) is 141 cm³/mol. The summed E-state index contributed by atoms with van der Waals surface area (Å²) in [6.45, 7) is 0.807. The Labute approximate surface area is 219 Å². The number of amides is 1. The first-order valence-corrected chi connectivity index (χ1v) is 14.0. The maximum atomic E-state index is 14.1. The van der Waals surface area contributed by atoms with Crippen LogP contribution in [0.3, 0.4) is 0 Å². The number of sulfonamides is 1. The first-order valence-electron chi connectivity index (χ1n) is 11.8. The van der Waals surface area contributed by atoms with Crippen molar-refractivity contribution in [3.8, 4) is 11.1 Å². The van der Waals surface area contributed by atoms with Crippen LogP contribution in [0.25, 0.3) is 21.9 Å². The van der Waals surface area contributed by atoms with Crippen LogP contribution in [-0.4, -0.2) is 57.9 Å². The third-order valence-corrected chi connectivity index (χ3v) is 8.93. The van der Waals surface area contributed by atoms with E-state index in [1.165, 1.54) is 16.9 Å².